The smallest absolute Gasteiger partial charge is 0.407 e. The van der Waals surface area contributed by atoms with E-state index >= 15 is 0 Å². The van der Waals surface area contributed by atoms with Crippen molar-refractivity contribution < 1.29 is 48.1 Å². The molecule has 1 fully saturated rings. The average molecular weight is 967 g/mol. The summed E-state index contributed by atoms with van der Waals surface area (Å²) in [6.45, 7) is 9.81. The number of nitrogens with zero attached hydrogens (tertiary/aromatic N) is 1. The SMILES string of the molecule is CN=C(N)NCCC[C@H](NC(=O)CNC(=O)OCC1c2ccccc2-c2ccccc21)C(=O)NC1(C(=O)N[C@H](Cc2ccc(C)cc2)C(=O)N[C@@H](CC(=O)OC(C)(C)C)C(=O)CO)CCC(C)(C)CC1. The summed E-state index contributed by atoms with van der Waals surface area (Å²) in [6.07, 6.45) is 0.376. The number of rotatable bonds is 21. The lowest BCUT2D eigenvalue weighted by Crippen LogP contribution is -2.66. The fourth-order valence-corrected chi connectivity index (χ4v) is 8.65. The highest BCUT2D eigenvalue weighted by molar-refractivity contribution is 5.99. The van der Waals surface area contributed by atoms with Gasteiger partial charge in [0.05, 0.1) is 6.42 Å². The zero-order chi connectivity index (χ0) is 51.2. The van der Waals surface area contributed by atoms with Crippen molar-refractivity contribution >= 4 is 47.4 Å². The molecule has 0 aromatic heterocycles. The second kappa shape index (κ2) is 24.1. The maximum absolute atomic E-state index is 14.8. The minimum absolute atomic E-state index is 0.0334. The first-order chi connectivity index (χ1) is 33.1. The topological polar surface area (TPSA) is 269 Å². The van der Waals surface area contributed by atoms with E-state index in [1.807, 2.05) is 67.6 Å². The van der Waals surface area contributed by atoms with Gasteiger partial charge in [-0.25, -0.2) is 4.79 Å². The van der Waals surface area contributed by atoms with Crippen LogP contribution in [0.25, 0.3) is 11.1 Å². The number of aliphatic imine (C=N–C) groups is 1. The Morgan fingerprint density at radius 2 is 1.41 bits per heavy atom. The number of carbonyl (C=O) groups is 7. The van der Waals surface area contributed by atoms with Gasteiger partial charge in [0.1, 0.15) is 49.0 Å². The molecule has 3 aromatic carbocycles. The Balaban J connectivity index is 1.33. The molecule has 0 radical (unpaired) electrons. The van der Waals surface area contributed by atoms with Gasteiger partial charge >= 0.3 is 12.1 Å². The molecule has 0 spiro atoms. The summed E-state index contributed by atoms with van der Waals surface area (Å²) in [4.78, 5) is 99.7. The van der Waals surface area contributed by atoms with Crippen molar-refractivity contribution in [3.63, 3.8) is 0 Å². The number of hydrogen-bond donors (Lipinski definition) is 8. The van der Waals surface area contributed by atoms with Crippen LogP contribution < -0.4 is 37.6 Å². The second-order valence-electron chi connectivity index (χ2n) is 19.9. The molecule has 70 heavy (non-hydrogen) atoms. The number of ketones is 1. The molecule has 3 atom stereocenters. The van der Waals surface area contributed by atoms with Crippen LogP contribution in [0.5, 0.6) is 0 Å². The van der Waals surface area contributed by atoms with E-state index < -0.39 is 90.3 Å². The quantitative estimate of drug-likeness (QED) is 0.0330. The molecule has 0 heterocycles. The number of aliphatic hydroxyl groups is 1. The number of aryl methyl sites for hydroxylation is 1. The zero-order valence-electron chi connectivity index (χ0n) is 41.4. The van der Waals surface area contributed by atoms with Crippen molar-refractivity contribution in [3.05, 3.63) is 95.1 Å². The number of ether oxygens (including phenoxy) is 2. The maximum atomic E-state index is 14.8. The first-order valence-corrected chi connectivity index (χ1v) is 23.8. The van der Waals surface area contributed by atoms with Crippen LogP contribution in [0.4, 0.5) is 4.79 Å². The van der Waals surface area contributed by atoms with Gasteiger partial charge in [0.25, 0.3) is 0 Å². The Morgan fingerprint density at radius 1 is 0.800 bits per heavy atom. The van der Waals surface area contributed by atoms with E-state index in [1.165, 1.54) is 7.05 Å². The Bertz CT molecular complexity index is 2340. The van der Waals surface area contributed by atoms with Gasteiger partial charge in [-0.05, 0) is 99.5 Å². The molecule has 1 saturated carbocycles. The summed E-state index contributed by atoms with van der Waals surface area (Å²) in [5.74, 6) is -4.47. The lowest BCUT2D eigenvalue weighted by molar-refractivity contribution is -0.156. The lowest BCUT2D eigenvalue weighted by atomic mass is 9.68. The average Bonchev–Trinajstić information content (AvgIpc) is 3.64. The van der Waals surface area contributed by atoms with Gasteiger partial charge in [-0.2, -0.15) is 0 Å². The zero-order valence-corrected chi connectivity index (χ0v) is 41.4. The molecule has 2 aliphatic carbocycles. The van der Waals surface area contributed by atoms with Gasteiger partial charge < -0.3 is 52.2 Å². The fraction of sp³-hybridized carbons (Fsp3) is 0.500. The van der Waals surface area contributed by atoms with Gasteiger partial charge in [0.15, 0.2) is 11.7 Å². The Hall–Kier alpha value is -6.82. The van der Waals surface area contributed by atoms with Crippen molar-refractivity contribution in [3.8, 4) is 11.1 Å². The largest absolute Gasteiger partial charge is 0.460 e. The molecule has 9 N–H and O–H groups in total. The molecule has 2 aliphatic rings. The normalized spacial score (nSPS) is 16.2. The molecular formula is C52H70N8O10. The summed E-state index contributed by atoms with van der Waals surface area (Å²) < 4.78 is 11.0. The minimum Gasteiger partial charge on any atom is -0.460 e. The van der Waals surface area contributed by atoms with E-state index in [0.29, 0.717) is 31.4 Å². The lowest BCUT2D eigenvalue weighted by Gasteiger charge is -2.44. The molecule has 0 aliphatic heterocycles. The standard InChI is InChI=1S/C52H70N8O10/c1-32-18-20-33(21-19-32)27-41(45(65)58-40(42(62)30-61)28-44(64)70-50(2,3)4)59-47(67)52(24-22-51(5,6)23-25-52)60-46(66)39(17-12-26-55-48(53)54-7)57-43(63)29-56-49(68)69-31-38-36-15-10-8-13-34(36)35-14-9-11-16-37(35)38/h8-11,13-16,18-21,38-41,61H,12,17,22-31H2,1-7H3,(H,56,68)(H,57,63)(H,58,65)(H,59,67)(H,60,66)(H3,53,54,55)/t39-,40-,41+/m0/s1. The third-order valence-corrected chi connectivity index (χ3v) is 12.7. The summed E-state index contributed by atoms with van der Waals surface area (Å²) in [5.41, 5.74) is 9.00. The number of amides is 5. The van der Waals surface area contributed by atoms with Crippen molar-refractivity contribution in [2.24, 2.45) is 16.1 Å². The number of esters is 1. The molecule has 18 heteroatoms. The van der Waals surface area contributed by atoms with E-state index in [2.05, 4.69) is 50.7 Å². The highest BCUT2D eigenvalue weighted by Gasteiger charge is 2.47. The van der Waals surface area contributed by atoms with E-state index in [9.17, 15) is 38.7 Å². The Kier molecular flexibility index (Phi) is 18.7. The highest BCUT2D eigenvalue weighted by atomic mass is 16.6. The number of hydrogen-bond acceptors (Lipinski definition) is 11. The van der Waals surface area contributed by atoms with Crippen LogP contribution in [0.15, 0.2) is 77.8 Å². The number of alkyl carbamates (subject to hydrolysis) is 1. The van der Waals surface area contributed by atoms with Gasteiger partial charge in [0, 0.05) is 25.9 Å². The van der Waals surface area contributed by atoms with Gasteiger partial charge in [-0.15, -0.1) is 0 Å². The summed E-state index contributed by atoms with van der Waals surface area (Å²) in [6, 6.07) is 19.1. The van der Waals surface area contributed by atoms with Crippen LogP contribution in [-0.2, 0) is 44.7 Å². The van der Waals surface area contributed by atoms with E-state index in [-0.39, 0.29) is 49.6 Å². The molecular weight excluding hydrogens is 897 g/mol. The monoisotopic (exact) mass is 967 g/mol. The number of carbonyl (C=O) groups excluding carboxylic acids is 7. The number of nitrogens with one attached hydrogen (secondary N) is 6. The van der Waals surface area contributed by atoms with Crippen LogP contribution in [0.3, 0.4) is 0 Å². The fourth-order valence-electron chi connectivity index (χ4n) is 8.65. The number of Topliss-reactive ketones (excluding diaryl/α,β-unsaturated/α-hetero) is 1. The molecule has 3 aromatic rings. The van der Waals surface area contributed by atoms with Crippen LogP contribution >= 0.6 is 0 Å². The van der Waals surface area contributed by atoms with E-state index in [4.69, 9.17) is 15.2 Å². The maximum Gasteiger partial charge on any atom is 0.407 e. The number of benzene rings is 3. The van der Waals surface area contributed by atoms with Crippen LogP contribution in [0.1, 0.15) is 108 Å². The second-order valence-corrected chi connectivity index (χ2v) is 19.9. The van der Waals surface area contributed by atoms with E-state index in [1.54, 1.807) is 32.9 Å². The summed E-state index contributed by atoms with van der Waals surface area (Å²) in [7, 11) is 1.52. The predicted octanol–water partition coefficient (Wildman–Crippen LogP) is 3.59. The Morgan fingerprint density at radius 3 is 2.00 bits per heavy atom. The molecule has 0 bridgehead atoms. The molecule has 0 saturated heterocycles. The van der Waals surface area contributed by atoms with Crippen molar-refractivity contribution in [2.45, 2.75) is 128 Å². The molecule has 0 unspecified atom stereocenters. The minimum atomic E-state index is -1.56. The third kappa shape index (κ3) is 15.3. The number of nitrogens with two attached hydrogens (primary N) is 1. The molecule has 5 rings (SSSR count). The number of aliphatic hydroxyl groups excluding tert-OH is 1. The van der Waals surface area contributed by atoms with Crippen molar-refractivity contribution in [1.29, 1.82) is 0 Å². The number of guanidine groups is 1. The highest BCUT2D eigenvalue weighted by Crippen LogP contribution is 2.44. The molecule has 5 amide bonds. The third-order valence-electron chi connectivity index (χ3n) is 12.7. The predicted molar refractivity (Wildman–Crippen MR) is 264 cm³/mol. The van der Waals surface area contributed by atoms with Crippen LogP contribution in [-0.4, -0.2) is 115 Å². The van der Waals surface area contributed by atoms with Crippen molar-refractivity contribution in [2.75, 3.05) is 33.4 Å². The van der Waals surface area contributed by atoms with Gasteiger partial charge in [0.2, 0.25) is 23.6 Å². The first-order valence-electron chi connectivity index (χ1n) is 23.8. The van der Waals surface area contributed by atoms with Gasteiger partial charge in [-0.3, -0.25) is 33.8 Å². The molecule has 18 nitrogen and oxygen atoms in total. The van der Waals surface area contributed by atoms with Crippen molar-refractivity contribution in [1.82, 2.24) is 31.9 Å². The van der Waals surface area contributed by atoms with E-state index in [0.717, 1.165) is 27.8 Å². The van der Waals surface area contributed by atoms with Crippen LogP contribution in [0.2, 0.25) is 0 Å². The molecule has 378 valence electrons. The number of fused-ring (bicyclic) bond motifs is 3. The van der Waals surface area contributed by atoms with Crippen LogP contribution in [0, 0.1) is 12.3 Å². The first kappa shape index (κ1) is 54.1. The Labute approximate surface area is 410 Å². The van der Waals surface area contributed by atoms with Gasteiger partial charge in [-0.1, -0.05) is 92.2 Å². The summed E-state index contributed by atoms with van der Waals surface area (Å²) >= 11 is 0. The summed E-state index contributed by atoms with van der Waals surface area (Å²) in [5, 5.41) is 26.3.